The maximum Gasteiger partial charge on any atom is 0.221 e. The molecule has 1 aromatic carbocycles. The van der Waals surface area contributed by atoms with E-state index in [1.807, 2.05) is 42.1 Å². The Morgan fingerprint density at radius 2 is 1.96 bits per heavy atom. The smallest absolute Gasteiger partial charge is 0.221 e. The van der Waals surface area contributed by atoms with Crippen LogP contribution in [0.25, 0.3) is 0 Å². The number of hydrogen-bond acceptors (Lipinski definition) is 3. The molecule has 0 fully saturated rings. The molecule has 6 nitrogen and oxygen atoms in total. The van der Waals surface area contributed by atoms with Crippen molar-refractivity contribution in [2.75, 3.05) is 5.32 Å². The van der Waals surface area contributed by atoms with Crippen LogP contribution in [0, 0.1) is 0 Å². The van der Waals surface area contributed by atoms with E-state index in [4.69, 9.17) is 0 Å². The first-order chi connectivity index (χ1) is 11.5. The summed E-state index contributed by atoms with van der Waals surface area (Å²) in [5.41, 5.74) is 1.64. The summed E-state index contributed by atoms with van der Waals surface area (Å²) in [6.07, 6.45) is 5.91. The first-order valence-electron chi connectivity index (χ1n) is 8.15. The lowest BCUT2D eigenvalue weighted by Crippen LogP contribution is -2.30. The maximum absolute atomic E-state index is 12.2. The molecule has 0 aliphatic carbocycles. The molecule has 128 valence electrons. The van der Waals surface area contributed by atoms with E-state index in [-0.39, 0.29) is 17.9 Å². The zero-order chi connectivity index (χ0) is 17.5. The number of aryl methyl sites for hydroxylation is 1. The number of nitrogens with zero attached hydrogens (tertiary/aromatic N) is 2. The number of amides is 2. The third-order valence-electron chi connectivity index (χ3n) is 3.74. The van der Waals surface area contributed by atoms with Crippen LogP contribution >= 0.6 is 0 Å². The summed E-state index contributed by atoms with van der Waals surface area (Å²) in [4.78, 5) is 27.7. The van der Waals surface area contributed by atoms with Gasteiger partial charge in [-0.1, -0.05) is 25.5 Å². The zero-order valence-electron chi connectivity index (χ0n) is 14.4. The lowest BCUT2D eigenvalue weighted by molar-refractivity contribution is -0.121. The van der Waals surface area contributed by atoms with E-state index >= 15 is 0 Å². The number of carbonyl (C=O) groups excluding carboxylic acids is 2. The Morgan fingerprint density at radius 3 is 2.50 bits per heavy atom. The molecule has 1 unspecified atom stereocenters. The Kier molecular flexibility index (Phi) is 6.12. The normalized spacial score (nSPS) is 11.8. The highest BCUT2D eigenvalue weighted by molar-refractivity contribution is 5.88. The van der Waals surface area contributed by atoms with Gasteiger partial charge in [0.05, 0.1) is 0 Å². The van der Waals surface area contributed by atoms with E-state index in [2.05, 4.69) is 22.5 Å². The Hall–Kier alpha value is -2.63. The highest BCUT2D eigenvalue weighted by atomic mass is 16.2. The van der Waals surface area contributed by atoms with Gasteiger partial charge in [0.1, 0.15) is 11.9 Å². The highest BCUT2D eigenvalue weighted by Crippen LogP contribution is 2.22. The van der Waals surface area contributed by atoms with E-state index in [1.165, 1.54) is 6.92 Å². The van der Waals surface area contributed by atoms with Gasteiger partial charge in [-0.25, -0.2) is 4.98 Å². The van der Waals surface area contributed by atoms with Crippen LogP contribution in [0.2, 0.25) is 0 Å². The second kappa shape index (κ2) is 8.29. The number of rotatable bonds is 7. The monoisotopic (exact) mass is 328 g/mol. The van der Waals surface area contributed by atoms with E-state index in [0.29, 0.717) is 6.42 Å². The molecule has 24 heavy (non-hydrogen) atoms. The second-order valence-corrected chi connectivity index (χ2v) is 5.80. The van der Waals surface area contributed by atoms with E-state index in [9.17, 15) is 9.59 Å². The second-order valence-electron chi connectivity index (χ2n) is 5.80. The third kappa shape index (κ3) is 4.68. The van der Waals surface area contributed by atoms with Crippen molar-refractivity contribution in [1.29, 1.82) is 0 Å². The first-order valence-corrected chi connectivity index (χ1v) is 8.15. The predicted octanol–water partition coefficient (Wildman–Crippen LogP) is 2.77. The van der Waals surface area contributed by atoms with Crippen molar-refractivity contribution in [3.05, 3.63) is 48.0 Å². The predicted molar refractivity (Wildman–Crippen MR) is 93.5 cm³/mol. The number of benzene rings is 1. The number of hydrogen-bond donors (Lipinski definition) is 2. The lowest BCUT2D eigenvalue weighted by atomic mass is 10.0. The fourth-order valence-corrected chi connectivity index (χ4v) is 2.48. The van der Waals surface area contributed by atoms with Crippen molar-refractivity contribution in [3.8, 4) is 0 Å². The van der Waals surface area contributed by atoms with Crippen molar-refractivity contribution in [2.45, 2.75) is 39.2 Å². The molecule has 2 N–H and O–H groups in total. The number of aromatic nitrogens is 2. The van der Waals surface area contributed by atoms with Crippen LogP contribution < -0.4 is 10.6 Å². The first kappa shape index (κ1) is 17.7. The van der Waals surface area contributed by atoms with Gasteiger partial charge in [-0.2, -0.15) is 0 Å². The molecule has 0 saturated carbocycles. The van der Waals surface area contributed by atoms with Crippen LogP contribution in [-0.2, 0) is 16.6 Å². The maximum atomic E-state index is 12.2. The number of anilines is 1. The average Bonchev–Trinajstić information content (AvgIpc) is 2.97. The van der Waals surface area contributed by atoms with Gasteiger partial charge in [0, 0.05) is 38.5 Å². The molecule has 0 saturated heterocycles. The fourth-order valence-electron chi connectivity index (χ4n) is 2.48. The Labute approximate surface area is 142 Å². The summed E-state index contributed by atoms with van der Waals surface area (Å²) in [7, 11) is 1.90. The van der Waals surface area contributed by atoms with Gasteiger partial charge in [0.2, 0.25) is 11.8 Å². The highest BCUT2D eigenvalue weighted by Gasteiger charge is 2.20. The molecule has 2 amide bonds. The van der Waals surface area contributed by atoms with E-state index in [1.54, 1.807) is 6.20 Å². The summed E-state index contributed by atoms with van der Waals surface area (Å²) < 4.78 is 1.90. The molecule has 1 heterocycles. The van der Waals surface area contributed by atoms with Crippen molar-refractivity contribution < 1.29 is 9.59 Å². The minimum atomic E-state index is -0.319. The van der Waals surface area contributed by atoms with Crippen LogP contribution in [0.1, 0.15) is 50.5 Å². The number of carbonyl (C=O) groups is 2. The minimum absolute atomic E-state index is 0.00999. The molecule has 0 bridgehead atoms. The quantitative estimate of drug-likeness (QED) is 0.820. The Morgan fingerprint density at radius 1 is 1.25 bits per heavy atom. The van der Waals surface area contributed by atoms with Crippen LogP contribution in [0.4, 0.5) is 5.69 Å². The van der Waals surface area contributed by atoms with Crippen LogP contribution in [0.15, 0.2) is 36.7 Å². The lowest BCUT2D eigenvalue weighted by Gasteiger charge is -2.19. The van der Waals surface area contributed by atoms with Crippen LogP contribution in [-0.4, -0.2) is 21.4 Å². The van der Waals surface area contributed by atoms with Gasteiger partial charge in [-0.05, 0) is 24.1 Å². The summed E-state index contributed by atoms with van der Waals surface area (Å²) >= 11 is 0. The minimum Gasteiger partial charge on any atom is -0.342 e. The molecule has 1 aromatic heterocycles. The molecular formula is C18H24N4O2. The van der Waals surface area contributed by atoms with Gasteiger partial charge in [-0.15, -0.1) is 0 Å². The molecular weight excluding hydrogens is 304 g/mol. The van der Waals surface area contributed by atoms with Crippen molar-refractivity contribution in [2.24, 2.45) is 7.05 Å². The van der Waals surface area contributed by atoms with Crippen LogP contribution in [0.5, 0.6) is 0 Å². The van der Waals surface area contributed by atoms with Gasteiger partial charge in [0.15, 0.2) is 0 Å². The molecule has 6 heteroatoms. The van der Waals surface area contributed by atoms with Gasteiger partial charge < -0.3 is 15.2 Å². The zero-order valence-corrected chi connectivity index (χ0v) is 14.4. The Balaban J connectivity index is 2.23. The van der Waals surface area contributed by atoms with Crippen LogP contribution in [0.3, 0.4) is 0 Å². The summed E-state index contributed by atoms with van der Waals surface area (Å²) in [5.74, 6) is 0.666. The molecule has 0 aliphatic heterocycles. The fraction of sp³-hybridized carbons (Fsp3) is 0.389. The molecule has 1 atom stereocenters. The average molecular weight is 328 g/mol. The van der Waals surface area contributed by atoms with Crippen molar-refractivity contribution >= 4 is 17.5 Å². The van der Waals surface area contributed by atoms with Gasteiger partial charge in [0.25, 0.3) is 0 Å². The van der Waals surface area contributed by atoms with E-state index in [0.717, 1.165) is 29.9 Å². The molecule has 0 radical (unpaired) electrons. The number of imidazole rings is 1. The number of nitrogens with one attached hydrogen (secondary N) is 2. The SMILES string of the molecule is CCCCC(=O)NC(c1ccc(NC(C)=O)cc1)c1nccn1C. The molecule has 0 spiro atoms. The van der Waals surface area contributed by atoms with Crippen molar-refractivity contribution in [1.82, 2.24) is 14.9 Å². The summed E-state index contributed by atoms with van der Waals surface area (Å²) in [5, 5.41) is 5.80. The van der Waals surface area contributed by atoms with Gasteiger partial charge in [-0.3, -0.25) is 9.59 Å². The Bertz CT molecular complexity index is 691. The topological polar surface area (TPSA) is 76.0 Å². The molecule has 0 aliphatic rings. The summed E-state index contributed by atoms with van der Waals surface area (Å²) in [6.45, 7) is 3.53. The van der Waals surface area contributed by atoms with E-state index < -0.39 is 0 Å². The van der Waals surface area contributed by atoms with Crippen molar-refractivity contribution in [3.63, 3.8) is 0 Å². The summed E-state index contributed by atoms with van der Waals surface area (Å²) in [6, 6.07) is 7.12. The standard InChI is InChI=1S/C18H24N4O2/c1-4-5-6-16(24)21-17(18-19-11-12-22(18)3)14-7-9-15(10-8-14)20-13(2)23/h7-12,17H,4-6H2,1-3H3,(H,20,23)(H,21,24). The van der Waals surface area contributed by atoms with Gasteiger partial charge >= 0.3 is 0 Å². The third-order valence-corrected chi connectivity index (χ3v) is 3.74. The molecule has 2 aromatic rings. The largest absolute Gasteiger partial charge is 0.342 e. The molecule has 2 rings (SSSR count). The number of unbranched alkanes of at least 4 members (excludes halogenated alkanes) is 1.